The Hall–Kier alpha value is -0.0400. The maximum absolute atomic E-state index is 3.88. The Morgan fingerprint density at radius 3 is 2.39 bits per heavy atom. The minimum atomic E-state index is 0.568. The third-order valence-electron chi connectivity index (χ3n) is 4.61. The van der Waals surface area contributed by atoms with E-state index in [2.05, 4.69) is 46.9 Å². The normalized spacial score (nSPS) is 29.5. The summed E-state index contributed by atoms with van der Waals surface area (Å²) >= 11 is 0. The maximum atomic E-state index is 3.88. The van der Waals surface area contributed by atoms with Crippen molar-refractivity contribution in [2.75, 3.05) is 0 Å². The van der Waals surface area contributed by atoms with Gasteiger partial charge in [-0.25, -0.2) is 0 Å². The van der Waals surface area contributed by atoms with Gasteiger partial charge in [-0.1, -0.05) is 47.5 Å². The molecule has 1 N–H and O–H groups in total. The van der Waals surface area contributed by atoms with Crippen molar-refractivity contribution in [2.45, 2.75) is 92.2 Å². The molecular formula is C17H35N. The van der Waals surface area contributed by atoms with Crippen molar-refractivity contribution in [3.05, 3.63) is 0 Å². The van der Waals surface area contributed by atoms with Gasteiger partial charge in [0, 0.05) is 12.1 Å². The largest absolute Gasteiger partial charge is 0.311 e. The standard InChI is InChI=1S/C17H35N/c1-13(2)8-7-9-15(4)18-16-10-11-17(5,6)12-14(16)3/h13-16,18H,7-12H2,1-6H3. The highest BCUT2D eigenvalue weighted by molar-refractivity contribution is 4.87. The molecule has 0 aromatic rings. The highest BCUT2D eigenvalue weighted by Gasteiger charge is 2.32. The summed E-state index contributed by atoms with van der Waals surface area (Å²) in [5.41, 5.74) is 0.568. The molecule has 1 aliphatic carbocycles. The summed E-state index contributed by atoms with van der Waals surface area (Å²) < 4.78 is 0. The van der Waals surface area contributed by atoms with Gasteiger partial charge in [0.2, 0.25) is 0 Å². The van der Waals surface area contributed by atoms with Gasteiger partial charge in [-0.2, -0.15) is 0 Å². The summed E-state index contributed by atoms with van der Waals surface area (Å²) in [5, 5.41) is 3.88. The molecule has 1 aliphatic rings. The summed E-state index contributed by atoms with van der Waals surface area (Å²) in [5.74, 6) is 1.69. The number of hydrogen-bond acceptors (Lipinski definition) is 1. The van der Waals surface area contributed by atoms with Crippen molar-refractivity contribution in [3.63, 3.8) is 0 Å². The molecular weight excluding hydrogens is 218 g/mol. The summed E-state index contributed by atoms with van der Waals surface area (Å²) in [6.07, 6.45) is 8.21. The molecule has 3 unspecified atom stereocenters. The topological polar surface area (TPSA) is 12.0 Å². The van der Waals surface area contributed by atoms with E-state index in [1.807, 2.05) is 0 Å². The molecule has 1 rings (SSSR count). The van der Waals surface area contributed by atoms with E-state index in [9.17, 15) is 0 Å². The lowest BCUT2D eigenvalue weighted by molar-refractivity contribution is 0.141. The lowest BCUT2D eigenvalue weighted by atomic mass is 9.70. The van der Waals surface area contributed by atoms with Crippen LogP contribution in [-0.2, 0) is 0 Å². The van der Waals surface area contributed by atoms with E-state index in [-0.39, 0.29) is 0 Å². The molecule has 0 saturated heterocycles. The summed E-state index contributed by atoms with van der Waals surface area (Å²) in [4.78, 5) is 0. The van der Waals surface area contributed by atoms with Crippen LogP contribution in [0.25, 0.3) is 0 Å². The van der Waals surface area contributed by atoms with E-state index in [4.69, 9.17) is 0 Å². The lowest BCUT2D eigenvalue weighted by Gasteiger charge is -2.40. The predicted octanol–water partition coefficient (Wildman–Crippen LogP) is 5.01. The first kappa shape index (κ1) is 16.0. The van der Waals surface area contributed by atoms with Gasteiger partial charge in [-0.15, -0.1) is 0 Å². The molecule has 1 heteroatoms. The van der Waals surface area contributed by atoms with E-state index in [0.29, 0.717) is 11.5 Å². The highest BCUT2D eigenvalue weighted by atomic mass is 15.0. The molecule has 1 nitrogen and oxygen atoms in total. The van der Waals surface area contributed by atoms with Crippen molar-refractivity contribution >= 4 is 0 Å². The molecule has 0 heterocycles. The average Bonchev–Trinajstić information content (AvgIpc) is 2.21. The molecule has 0 aromatic carbocycles. The average molecular weight is 253 g/mol. The van der Waals surface area contributed by atoms with Crippen LogP contribution < -0.4 is 5.32 Å². The fourth-order valence-corrected chi connectivity index (χ4v) is 3.48. The minimum absolute atomic E-state index is 0.568. The zero-order chi connectivity index (χ0) is 13.8. The van der Waals surface area contributed by atoms with Crippen LogP contribution in [0, 0.1) is 17.3 Å². The van der Waals surface area contributed by atoms with Crippen molar-refractivity contribution in [3.8, 4) is 0 Å². The van der Waals surface area contributed by atoms with E-state index in [0.717, 1.165) is 17.9 Å². The van der Waals surface area contributed by atoms with Crippen molar-refractivity contribution in [1.29, 1.82) is 0 Å². The number of nitrogens with one attached hydrogen (secondary N) is 1. The Morgan fingerprint density at radius 2 is 1.83 bits per heavy atom. The maximum Gasteiger partial charge on any atom is 0.00955 e. The fraction of sp³-hybridized carbons (Fsp3) is 1.00. The second kappa shape index (κ2) is 6.93. The van der Waals surface area contributed by atoms with E-state index in [1.165, 1.54) is 38.5 Å². The van der Waals surface area contributed by atoms with Crippen LogP contribution in [0.5, 0.6) is 0 Å². The van der Waals surface area contributed by atoms with Gasteiger partial charge in [0.05, 0.1) is 0 Å². The summed E-state index contributed by atoms with van der Waals surface area (Å²) in [7, 11) is 0. The Bertz CT molecular complexity index is 232. The predicted molar refractivity (Wildman–Crippen MR) is 81.9 cm³/mol. The molecule has 0 spiro atoms. The molecule has 108 valence electrons. The molecule has 18 heavy (non-hydrogen) atoms. The quantitative estimate of drug-likeness (QED) is 0.702. The zero-order valence-corrected chi connectivity index (χ0v) is 13.6. The zero-order valence-electron chi connectivity index (χ0n) is 13.6. The van der Waals surface area contributed by atoms with Gasteiger partial charge < -0.3 is 5.32 Å². The highest BCUT2D eigenvalue weighted by Crippen LogP contribution is 2.38. The Morgan fingerprint density at radius 1 is 1.17 bits per heavy atom. The molecule has 0 radical (unpaired) electrons. The van der Waals surface area contributed by atoms with Crippen molar-refractivity contribution in [2.24, 2.45) is 17.3 Å². The second-order valence-corrected chi connectivity index (χ2v) is 7.88. The first-order valence-electron chi connectivity index (χ1n) is 8.06. The molecule has 1 saturated carbocycles. The molecule has 0 aliphatic heterocycles. The lowest BCUT2D eigenvalue weighted by Crippen LogP contribution is -2.45. The van der Waals surface area contributed by atoms with Gasteiger partial charge >= 0.3 is 0 Å². The van der Waals surface area contributed by atoms with Crippen LogP contribution in [0.1, 0.15) is 80.1 Å². The van der Waals surface area contributed by atoms with Crippen LogP contribution >= 0.6 is 0 Å². The minimum Gasteiger partial charge on any atom is -0.311 e. The molecule has 3 atom stereocenters. The molecule has 0 bridgehead atoms. The van der Waals surface area contributed by atoms with Gasteiger partial charge in [-0.3, -0.25) is 0 Å². The Kier molecular flexibility index (Phi) is 6.17. The van der Waals surface area contributed by atoms with Crippen LogP contribution in [0.4, 0.5) is 0 Å². The third-order valence-corrected chi connectivity index (χ3v) is 4.61. The SMILES string of the molecule is CC(C)CCCC(C)NC1CCC(C)(C)CC1C. The van der Waals surface area contributed by atoms with Gasteiger partial charge in [0.25, 0.3) is 0 Å². The van der Waals surface area contributed by atoms with E-state index in [1.54, 1.807) is 0 Å². The third kappa shape index (κ3) is 5.73. The monoisotopic (exact) mass is 253 g/mol. The smallest absolute Gasteiger partial charge is 0.00955 e. The van der Waals surface area contributed by atoms with Gasteiger partial charge in [0.15, 0.2) is 0 Å². The Labute approximate surface area is 115 Å². The van der Waals surface area contributed by atoms with Crippen LogP contribution in [-0.4, -0.2) is 12.1 Å². The first-order valence-corrected chi connectivity index (χ1v) is 8.06. The fourth-order valence-electron chi connectivity index (χ4n) is 3.48. The Balaban J connectivity index is 2.25. The van der Waals surface area contributed by atoms with E-state index < -0.39 is 0 Å². The van der Waals surface area contributed by atoms with Crippen molar-refractivity contribution in [1.82, 2.24) is 5.32 Å². The number of hydrogen-bond donors (Lipinski definition) is 1. The van der Waals surface area contributed by atoms with Gasteiger partial charge in [0.1, 0.15) is 0 Å². The summed E-state index contributed by atoms with van der Waals surface area (Å²) in [6, 6.07) is 1.45. The van der Waals surface area contributed by atoms with Crippen LogP contribution in [0.2, 0.25) is 0 Å². The first-order chi connectivity index (χ1) is 8.30. The molecule has 1 fully saturated rings. The molecule has 0 aromatic heterocycles. The van der Waals surface area contributed by atoms with Crippen molar-refractivity contribution < 1.29 is 0 Å². The molecule has 0 amide bonds. The van der Waals surface area contributed by atoms with Crippen LogP contribution in [0.15, 0.2) is 0 Å². The number of rotatable bonds is 6. The summed E-state index contributed by atoms with van der Waals surface area (Å²) in [6.45, 7) is 14.3. The second-order valence-electron chi connectivity index (χ2n) is 7.88. The van der Waals surface area contributed by atoms with Crippen LogP contribution in [0.3, 0.4) is 0 Å². The van der Waals surface area contributed by atoms with E-state index >= 15 is 0 Å². The van der Waals surface area contributed by atoms with Gasteiger partial charge in [-0.05, 0) is 49.9 Å².